The Bertz CT molecular complexity index is 355. The van der Waals surface area contributed by atoms with E-state index in [1.54, 1.807) is 0 Å². The van der Waals surface area contributed by atoms with Crippen molar-refractivity contribution < 1.29 is 0 Å². The van der Waals surface area contributed by atoms with Gasteiger partial charge in [0.15, 0.2) is 0 Å². The van der Waals surface area contributed by atoms with E-state index in [0.29, 0.717) is 0 Å². The molecule has 0 aromatic heterocycles. The second-order valence-corrected chi connectivity index (χ2v) is 11.7. The topological polar surface area (TPSA) is 52.0 Å². The molecule has 0 aliphatic carbocycles. The minimum Gasteiger partial charge on any atom is -0.316 e. The van der Waals surface area contributed by atoms with Crippen LogP contribution in [0.4, 0.5) is 0 Å². The van der Waals surface area contributed by atoms with Crippen LogP contribution in [0.25, 0.3) is 0 Å². The van der Waals surface area contributed by atoms with E-state index in [-0.39, 0.29) is 6.17 Å². The standard InChI is InChI=1S/C33H70N2/c1-2-3-4-5-6-7-8-9-10-11-12-13-14-15-16-17-18-19-20-21-22-23-24-25-26-27-28-29-30-31-32-33(34)35/h33H,2-32,34-35H2,1H3. The fraction of sp³-hybridized carbons (Fsp3) is 1.00. The van der Waals surface area contributed by atoms with Gasteiger partial charge in [0, 0.05) is 0 Å². The van der Waals surface area contributed by atoms with Crippen molar-refractivity contribution in [2.24, 2.45) is 11.5 Å². The van der Waals surface area contributed by atoms with E-state index >= 15 is 0 Å². The molecule has 0 aromatic rings. The molecule has 0 saturated carbocycles. The molecule has 2 heteroatoms. The van der Waals surface area contributed by atoms with E-state index in [2.05, 4.69) is 6.92 Å². The quantitative estimate of drug-likeness (QED) is 0.0743. The molecule has 0 radical (unpaired) electrons. The van der Waals surface area contributed by atoms with E-state index in [9.17, 15) is 0 Å². The van der Waals surface area contributed by atoms with E-state index < -0.39 is 0 Å². The third-order valence-corrected chi connectivity index (χ3v) is 7.89. The maximum absolute atomic E-state index is 5.58. The fourth-order valence-electron chi connectivity index (χ4n) is 5.40. The number of rotatable bonds is 31. The molecule has 0 amide bonds. The lowest BCUT2D eigenvalue weighted by Gasteiger charge is -2.05. The van der Waals surface area contributed by atoms with Crippen molar-refractivity contribution in [2.75, 3.05) is 0 Å². The lowest BCUT2D eigenvalue weighted by atomic mass is 10.0. The SMILES string of the molecule is CCCCCCCCCCCCCCCCCCCCCCCCCCCCCCCCC(N)N. The van der Waals surface area contributed by atoms with Crippen LogP contribution in [-0.4, -0.2) is 6.17 Å². The number of hydrogen-bond donors (Lipinski definition) is 2. The summed E-state index contributed by atoms with van der Waals surface area (Å²) in [5, 5.41) is 0. The summed E-state index contributed by atoms with van der Waals surface area (Å²) in [6.45, 7) is 2.30. The largest absolute Gasteiger partial charge is 0.316 e. The molecule has 0 unspecified atom stereocenters. The van der Waals surface area contributed by atoms with Gasteiger partial charge in [-0.1, -0.05) is 200 Å². The summed E-state index contributed by atoms with van der Waals surface area (Å²) in [5.41, 5.74) is 11.2. The Morgan fingerprint density at radius 1 is 0.286 bits per heavy atom. The molecular formula is C33H70N2. The van der Waals surface area contributed by atoms with Gasteiger partial charge in [0.25, 0.3) is 0 Å². The van der Waals surface area contributed by atoms with Gasteiger partial charge in [-0.05, 0) is 6.42 Å². The van der Waals surface area contributed by atoms with Crippen molar-refractivity contribution in [3.63, 3.8) is 0 Å². The van der Waals surface area contributed by atoms with E-state index in [1.165, 1.54) is 193 Å². The summed E-state index contributed by atoms with van der Waals surface area (Å²) >= 11 is 0. The van der Waals surface area contributed by atoms with Crippen LogP contribution in [0.2, 0.25) is 0 Å². The zero-order valence-electron chi connectivity index (χ0n) is 24.7. The molecule has 0 bridgehead atoms. The van der Waals surface area contributed by atoms with Crippen LogP contribution in [-0.2, 0) is 0 Å². The average molecular weight is 495 g/mol. The molecule has 0 rings (SSSR count). The van der Waals surface area contributed by atoms with Crippen molar-refractivity contribution in [2.45, 2.75) is 212 Å². The van der Waals surface area contributed by atoms with Crippen LogP contribution >= 0.6 is 0 Å². The Morgan fingerprint density at radius 3 is 0.629 bits per heavy atom. The minimum atomic E-state index is -0.103. The zero-order valence-corrected chi connectivity index (χ0v) is 24.7. The Morgan fingerprint density at radius 2 is 0.457 bits per heavy atom. The lowest BCUT2D eigenvalue weighted by molar-refractivity contribution is 0.509. The Labute approximate surface area is 223 Å². The van der Waals surface area contributed by atoms with Crippen molar-refractivity contribution in [3.05, 3.63) is 0 Å². The summed E-state index contributed by atoms with van der Waals surface area (Å²) in [4.78, 5) is 0. The molecule has 0 aromatic carbocycles. The molecule has 0 fully saturated rings. The molecule has 0 spiro atoms. The molecule has 0 aliphatic heterocycles. The molecule has 0 atom stereocenters. The van der Waals surface area contributed by atoms with Crippen LogP contribution in [0.1, 0.15) is 206 Å². The highest BCUT2D eigenvalue weighted by Crippen LogP contribution is 2.16. The second kappa shape index (κ2) is 31.9. The van der Waals surface area contributed by atoms with Crippen LogP contribution in [0, 0.1) is 0 Å². The van der Waals surface area contributed by atoms with Crippen LogP contribution in [0.5, 0.6) is 0 Å². The zero-order chi connectivity index (χ0) is 25.5. The summed E-state index contributed by atoms with van der Waals surface area (Å²) < 4.78 is 0. The summed E-state index contributed by atoms with van der Waals surface area (Å²) in [6, 6.07) is 0. The number of unbranched alkanes of at least 4 members (excludes halogenated alkanes) is 29. The first-order valence-electron chi connectivity index (χ1n) is 16.8. The Kier molecular flexibility index (Phi) is 31.9. The predicted molar refractivity (Wildman–Crippen MR) is 161 cm³/mol. The van der Waals surface area contributed by atoms with Gasteiger partial charge < -0.3 is 11.5 Å². The molecule has 4 N–H and O–H groups in total. The summed E-state index contributed by atoms with van der Waals surface area (Å²) in [5.74, 6) is 0. The highest BCUT2D eigenvalue weighted by atomic mass is 14.8. The molecule has 0 saturated heterocycles. The summed E-state index contributed by atoms with van der Waals surface area (Å²) in [7, 11) is 0. The molecule has 212 valence electrons. The van der Waals surface area contributed by atoms with Gasteiger partial charge >= 0.3 is 0 Å². The Hall–Kier alpha value is -0.0800. The molecule has 2 nitrogen and oxygen atoms in total. The van der Waals surface area contributed by atoms with Gasteiger partial charge in [-0.3, -0.25) is 0 Å². The normalized spacial score (nSPS) is 11.7. The fourth-order valence-corrected chi connectivity index (χ4v) is 5.40. The first-order chi connectivity index (χ1) is 17.3. The first-order valence-corrected chi connectivity index (χ1v) is 16.8. The third-order valence-electron chi connectivity index (χ3n) is 7.89. The number of hydrogen-bond acceptors (Lipinski definition) is 2. The van der Waals surface area contributed by atoms with Gasteiger partial charge in [0.05, 0.1) is 6.17 Å². The molecular weight excluding hydrogens is 424 g/mol. The highest BCUT2D eigenvalue weighted by molar-refractivity contribution is 4.54. The van der Waals surface area contributed by atoms with Gasteiger partial charge in [-0.15, -0.1) is 0 Å². The van der Waals surface area contributed by atoms with Gasteiger partial charge in [-0.25, -0.2) is 0 Å². The lowest BCUT2D eigenvalue weighted by Crippen LogP contribution is -2.29. The average Bonchev–Trinajstić information content (AvgIpc) is 2.85. The van der Waals surface area contributed by atoms with E-state index in [1.807, 2.05) is 0 Å². The Balaban J connectivity index is 3.01. The van der Waals surface area contributed by atoms with E-state index in [4.69, 9.17) is 11.5 Å². The maximum atomic E-state index is 5.58. The summed E-state index contributed by atoms with van der Waals surface area (Å²) in [6.07, 6.45) is 44.4. The minimum absolute atomic E-state index is 0.103. The number of nitrogens with two attached hydrogens (primary N) is 2. The van der Waals surface area contributed by atoms with Crippen molar-refractivity contribution >= 4 is 0 Å². The van der Waals surface area contributed by atoms with Crippen molar-refractivity contribution in [1.82, 2.24) is 0 Å². The molecule has 35 heavy (non-hydrogen) atoms. The van der Waals surface area contributed by atoms with Gasteiger partial charge in [0.1, 0.15) is 0 Å². The molecule has 0 heterocycles. The highest BCUT2D eigenvalue weighted by Gasteiger charge is 1.97. The van der Waals surface area contributed by atoms with E-state index in [0.717, 1.165) is 6.42 Å². The predicted octanol–water partition coefficient (Wildman–Crippen LogP) is 11.3. The first kappa shape index (κ1) is 34.9. The van der Waals surface area contributed by atoms with Crippen LogP contribution in [0.3, 0.4) is 0 Å². The van der Waals surface area contributed by atoms with Gasteiger partial charge in [-0.2, -0.15) is 0 Å². The van der Waals surface area contributed by atoms with Crippen LogP contribution in [0.15, 0.2) is 0 Å². The van der Waals surface area contributed by atoms with Crippen molar-refractivity contribution in [1.29, 1.82) is 0 Å². The van der Waals surface area contributed by atoms with Crippen molar-refractivity contribution in [3.8, 4) is 0 Å². The van der Waals surface area contributed by atoms with Crippen LogP contribution < -0.4 is 11.5 Å². The maximum Gasteiger partial charge on any atom is 0.0520 e. The molecule has 0 aliphatic rings. The second-order valence-electron chi connectivity index (χ2n) is 11.7. The monoisotopic (exact) mass is 495 g/mol. The smallest absolute Gasteiger partial charge is 0.0520 e. The van der Waals surface area contributed by atoms with Gasteiger partial charge in [0.2, 0.25) is 0 Å². The third kappa shape index (κ3) is 33.9.